The molecule has 0 radical (unpaired) electrons. The van der Waals surface area contributed by atoms with Gasteiger partial charge in [-0.05, 0) is 53.6 Å². The Morgan fingerprint density at radius 1 is 0.744 bits per heavy atom. The van der Waals surface area contributed by atoms with E-state index >= 15 is 0 Å². The molecule has 3 atom stereocenters. The minimum absolute atomic E-state index is 0.203. The Labute approximate surface area is 249 Å². The molecule has 0 saturated carbocycles. The first-order chi connectivity index (χ1) is 20.9. The summed E-state index contributed by atoms with van der Waals surface area (Å²) in [6, 6.07) is 25.4. The Balaban J connectivity index is 1.54. The summed E-state index contributed by atoms with van der Waals surface area (Å²) in [6.45, 7) is 0. The largest absolute Gasteiger partial charge is 0.497 e. The standard InChI is InChI=1S/C36H29NO6/c1-41-24-16-12-22(13-17-24)33(38)32-31(23-14-18-28(42-2)29(20-23)43-3)36(34(39)25-9-5-6-10-26(25)35(36)40)30-19-15-21-8-4-7-11-27(21)37(30)32/h4-20,30-32H,1-3H3. The number of ketones is 3. The Morgan fingerprint density at radius 2 is 1.40 bits per heavy atom. The fraction of sp³-hybridized carbons (Fsp3) is 0.194. The number of fused-ring (bicyclic) bond motifs is 5. The van der Waals surface area contributed by atoms with Gasteiger partial charge in [-0.15, -0.1) is 0 Å². The molecule has 3 unspecified atom stereocenters. The molecule has 43 heavy (non-hydrogen) atoms. The van der Waals surface area contributed by atoms with Crippen LogP contribution in [0.5, 0.6) is 17.2 Å². The predicted molar refractivity (Wildman–Crippen MR) is 163 cm³/mol. The van der Waals surface area contributed by atoms with Crippen LogP contribution < -0.4 is 19.1 Å². The molecular weight excluding hydrogens is 542 g/mol. The van der Waals surface area contributed by atoms with Crippen molar-refractivity contribution in [3.8, 4) is 17.2 Å². The quantitative estimate of drug-likeness (QED) is 0.207. The summed E-state index contributed by atoms with van der Waals surface area (Å²) in [4.78, 5) is 46.4. The van der Waals surface area contributed by atoms with E-state index in [-0.39, 0.29) is 17.3 Å². The van der Waals surface area contributed by atoms with E-state index in [9.17, 15) is 14.4 Å². The fourth-order valence-electron chi connectivity index (χ4n) is 7.26. The maximum absolute atomic E-state index is 14.8. The van der Waals surface area contributed by atoms with E-state index in [0.29, 0.717) is 39.5 Å². The molecule has 1 saturated heterocycles. The maximum atomic E-state index is 14.8. The van der Waals surface area contributed by atoms with Crippen LogP contribution in [0, 0.1) is 5.41 Å². The van der Waals surface area contributed by atoms with Crippen LogP contribution in [0.2, 0.25) is 0 Å². The third-order valence-electron chi connectivity index (χ3n) is 9.12. The number of carbonyl (C=O) groups is 3. The molecule has 214 valence electrons. The number of nitrogens with zero attached hydrogens (tertiary/aromatic N) is 1. The van der Waals surface area contributed by atoms with E-state index in [4.69, 9.17) is 14.2 Å². The lowest BCUT2D eigenvalue weighted by molar-refractivity contribution is 0.0665. The zero-order chi connectivity index (χ0) is 29.9. The molecule has 2 aliphatic heterocycles. The van der Waals surface area contributed by atoms with Crippen LogP contribution in [0.15, 0.2) is 97.1 Å². The highest BCUT2D eigenvalue weighted by Crippen LogP contribution is 2.61. The third-order valence-corrected chi connectivity index (χ3v) is 9.12. The van der Waals surface area contributed by atoms with Crippen molar-refractivity contribution in [3.63, 3.8) is 0 Å². The summed E-state index contributed by atoms with van der Waals surface area (Å²) in [7, 11) is 4.66. The Bertz CT molecular complexity index is 1790. The summed E-state index contributed by atoms with van der Waals surface area (Å²) in [5.74, 6) is -0.0414. The Morgan fingerprint density at radius 3 is 2.05 bits per heavy atom. The highest BCUT2D eigenvalue weighted by molar-refractivity contribution is 6.32. The zero-order valence-corrected chi connectivity index (χ0v) is 23.9. The third kappa shape index (κ3) is 3.64. The molecule has 1 aliphatic carbocycles. The number of benzene rings is 4. The second-order valence-corrected chi connectivity index (χ2v) is 11.0. The minimum Gasteiger partial charge on any atom is -0.497 e. The van der Waals surface area contributed by atoms with Crippen LogP contribution in [0.3, 0.4) is 0 Å². The van der Waals surface area contributed by atoms with Crippen molar-refractivity contribution >= 4 is 29.1 Å². The Kier molecular flexibility index (Phi) is 6.20. The van der Waals surface area contributed by atoms with Gasteiger partial charge in [-0.2, -0.15) is 0 Å². The van der Waals surface area contributed by atoms with Gasteiger partial charge in [0.25, 0.3) is 0 Å². The molecular formula is C36H29NO6. The van der Waals surface area contributed by atoms with Crippen molar-refractivity contribution in [2.45, 2.75) is 18.0 Å². The van der Waals surface area contributed by atoms with Gasteiger partial charge >= 0.3 is 0 Å². The van der Waals surface area contributed by atoms with E-state index in [2.05, 4.69) is 0 Å². The van der Waals surface area contributed by atoms with Crippen molar-refractivity contribution in [2.75, 3.05) is 26.2 Å². The Hall–Kier alpha value is -5.17. The number of rotatable bonds is 6. The van der Waals surface area contributed by atoms with Crippen molar-refractivity contribution in [3.05, 3.63) is 125 Å². The molecule has 7 heteroatoms. The first kappa shape index (κ1) is 26.7. The summed E-state index contributed by atoms with van der Waals surface area (Å²) < 4.78 is 16.5. The second kappa shape index (κ2) is 9.98. The van der Waals surface area contributed by atoms with Crippen molar-refractivity contribution in [1.82, 2.24) is 0 Å². The van der Waals surface area contributed by atoms with Gasteiger partial charge < -0.3 is 19.1 Å². The maximum Gasteiger partial charge on any atom is 0.185 e. The highest BCUT2D eigenvalue weighted by Gasteiger charge is 2.71. The number of carbonyl (C=O) groups excluding carboxylic acids is 3. The first-order valence-electron chi connectivity index (χ1n) is 14.1. The van der Waals surface area contributed by atoms with Crippen LogP contribution in [0.1, 0.15) is 48.1 Å². The molecule has 4 aromatic carbocycles. The van der Waals surface area contributed by atoms with Crippen molar-refractivity contribution in [1.29, 1.82) is 0 Å². The summed E-state index contributed by atoms with van der Waals surface area (Å²) >= 11 is 0. The van der Waals surface area contributed by atoms with Gasteiger partial charge in [-0.25, -0.2) is 0 Å². The lowest BCUT2D eigenvalue weighted by Crippen LogP contribution is -2.48. The molecule has 0 bridgehead atoms. The average molecular weight is 572 g/mol. The molecule has 3 aliphatic rings. The highest BCUT2D eigenvalue weighted by atomic mass is 16.5. The topological polar surface area (TPSA) is 82.1 Å². The number of anilines is 1. The van der Waals surface area contributed by atoms with Crippen molar-refractivity contribution in [2.24, 2.45) is 5.41 Å². The van der Waals surface area contributed by atoms with Crippen LogP contribution in [0.4, 0.5) is 5.69 Å². The van der Waals surface area contributed by atoms with Gasteiger partial charge in [-0.1, -0.05) is 60.7 Å². The normalized spacial score (nSPS) is 20.9. The number of para-hydroxylation sites is 1. The number of hydrogen-bond donors (Lipinski definition) is 0. The van der Waals surface area contributed by atoms with E-state index < -0.39 is 23.4 Å². The van der Waals surface area contributed by atoms with Crippen LogP contribution in [-0.4, -0.2) is 50.8 Å². The molecule has 0 aromatic heterocycles. The van der Waals surface area contributed by atoms with Crippen molar-refractivity contribution < 1.29 is 28.6 Å². The van der Waals surface area contributed by atoms with Gasteiger partial charge in [0.15, 0.2) is 28.8 Å². The van der Waals surface area contributed by atoms with Crippen LogP contribution in [0.25, 0.3) is 6.08 Å². The lowest BCUT2D eigenvalue weighted by atomic mass is 9.64. The number of methoxy groups -OCH3 is 3. The van der Waals surface area contributed by atoms with Gasteiger partial charge in [-0.3, -0.25) is 14.4 Å². The predicted octanol–water partition coefficient (Wildman–Crippen LogP) is 6.03. The number of hydrogen-bond acceptors (Lipinski definition) is 7. The molecule has 0 amide bonds. The van der Waals surface area contributed by atoms with E-state index in [1.54, 1.807) is 74.9 Å². The summed E-state index contributed by atoms with van der Waals surface area (Å²) in [6.07, 6.45) is 3.87. The van der Waals surface area contributed by atoms with Crippen LogP contribution >= 0.6 is 0 Å². The number of Topliss-reactive ketones (excluding diaryl/α,β-unsaturated/α-hetero) is 3. The SMILES string of the molecule is COc1ccc(C(=O)C2C(c3ccc(OC)c(OC)c3)C3(C(=O)c4ccccc4C3=O)C3C=Cc4ccccc4N23)cc1. The average Bonchev–Trinajstić information content (AvgIpc) is 3.50. The monoisotopic (exact) mass is 571 g/mol. The molecule has 4 aromatic rings. The van der Waals surface area contributed by atoms with E-state index in [1.165, 1.54) is 7.11 Å². The minimum atomic E-state index is -1.60. The molecule has 7 rings (SSSR count). The van der Waals surface area contributed by atoms with E-state index in [0.717, 1.165) is 11.3 Å². The second-order valence-electron chi connectivity index (χ2n) is 11.0. The molecule has 1 fully saturated rings. The smallest absolute Gasteiger partial charge is 0.185 e. The molecule has 1 spiro atoms. The van der Waals surface area contributed by atoms with Crippen LogP contribution in [-0.2, 0) is 0 Å². The number of ether oxygens (including phenoxy) is 3. The van der Waals surface area contributed by atoms with Gasteiger partial charge in [0.1, 0.15) is 17.2 Å². The molecule has 0 N–H and O–H groups in total. The van der Waals surface area contributed by atoms with Gasteiger partial charge in [0, 0.05) is 28.3 Å². The zero-order valence-electron chi connectivity index (χ0n) is 23.9. The van der Waals surface area contributed by atoms with E-state index in [1.807, 2.05) is 47.4 Å². The fourth-order valence-corrected chi connectivity index (χ4v) is 7.26. The molecule has 2 heterocycles. The van der Waals surface area contributed by atoms with Gasteiger partial charge in [0.05, 0.1) is 27.4 Å². The first-order valence-corrected chi connectivity index (χ1v) is 14.1. The summed E-state index contributed by atoms with van der Waals surface area (Å²) in [5.41, 5.74) is 1.95. The molecule has 7 nitrogen and oxygen atoms in total. The summed E-state index contributed by atoms with van der Waals surface area (Å²) in [5, 5.41) is 0. The lowest BCUT2D eigenvalue weighted by Gasteiger charge is -2.37. The van der Waals surface area contributed by atoms with Gasteiger partial charge in [0.2, 0.25) is 0 Å².